The summed E-state index contributed by atoms with van der Waals surface area (Å²) < 4.78 is 5.79. The largest absolute Gasteiger partial charge is 0.457 e. The Kier molecular flexibility index (Phi) is 5.59. The molecule has 0 bridgehead atoms. The number of anilines is 1. The van der Waals surface area contributed by atoms with Gasteiger partial charge in [-0.25, -0.2) is 4.79 Å². The lowest BCUT2D eigenvalue weighted by atomic mass is 10.2. The molecule has 0 amide bonds. The number of aromatic amines is 1. The summed E-state index contributed by atoms with van der Waals surface area (Å²) in [5.41, 5.74) is 3.56. The molecule has 2 rings (SSSR count). The van der Waals surface area contributed by atoms with Crippen molar-refractivity contribution < 1.29 is 14.3 Å². The summed E-state index contributed by atoms with van der Waals surface area (Å²) in [6.45, 7) is -0.625. The van der Waals surface area contributed by atoms with Gasteiger partial charge in [-0.15, -0.1) is 11.8 Å². The number of hydrogen-bond acceptors (Lipinski definition) is 7. The number of aromatic nitrogens is 2. The molecule has 0 fully saturated rings. The Hall–Kier alpha value is -2.81. The zero-order chi connectivity index (χ0) is 17.7. The quantitative estimate of drug-likeness (QED) is 0.433. The minimum absolute atomic E-state index is 0.0242. The average Bonchev–Trinajstić information content (AvgIpc) is 2.57. The summed E-state index contributed by atoms with van der Waals surface area (Å²) in [5, 5.41) is 0. The van der Waals surface area contributed by atoms with E-state index in [1.807, 2.05) is 35.3 Å². The van der Waals surface area contributed by atoms with Crippen molar-refractivity contribution in [2.75, 3.05) is 18.1 Å². The number of nitrogens with one attached hydrogen (secondary N) is 1. The van der Waals surface area contributed by atoms with Crippen LogP contribution < -0.4 is 17.0 Å². The van der Waals surface area contributed by atoms with Gasteiger partial charge in [0.05, 0.1) is 5.75 Å². The van der Waals surface area contributed by atoms with Crippen molar-refractivity contribution in [1.82, 2.24) is 9.55 Å². The first kappa shape index (κ1) is 17.5. The molecule has 0 aliphatic heterocycles. The molecular formula is C15H15N3O5S. The van der Waals surface area contributed by atoms with E-state index in [9.17, 15) is 19.2 Å². The molecule has 1 aromatic carbocycles. The molecule has 3 N–H and O–H groups in total. The molecule has 0 radical (unpaired) electrons. The van der Waals surface area contributed by atoms with Crippen LogP contribution >= 0.6 is 11.8 Å². The Morgan fingerprint density at radius 1 is 1.25 bits per heavy atom. The number of thioether (sulfide) groups is 1. The van der Waals surface area contributed by atoms with Crippen LogP contribution in [0.25, 0.3) is 0 Å². The maximum Gasteiger partial charge on any atom is 0.329 e. The third-order valence-electron chi connectivity index (χ3n) is 3.11. The van der Waals surface area contributed by atoms with Crippen LogP contribution in [0.1, 0.15) is 10.4 Å². The normalized spacial score (nSPS) is 10.4. The number of nitrogen functional groups attached to an aromatic ring is 1. The molecule has 0 saturated heterocycles. The number of nitrogens with two attached hydrogens (primary N) is 1. The number of ether oxygens (including phenoxy) is 1. The van der Waals surface area contributed by atoms with Crippen LogP contribution in [0, 0.1) is 0 Å². The van der Waals surface area contributed by atoms with Gasteiger partial charge in [0.15, 0.2) is 6.61 Å². The van der Waals surface area contributed by atoms with Gasteiger partial charge in [0.2, 0.25) is 5.78 Å². The van der Waals surface area contributed by atoms with E-state index in [-0.39, 0.29) is 11.6 Å². The standard InChI is InChI=1S/C15H15N3O5S/c1-18-13(16)12(14(21)17-15(18)22)10(19)7-23-11(20)8-24-9-5-3-2-4-6-9/h2-6H,7-8,16H2,1H3,(H,17,21,22). The number of carbonyl (C=O) groups is 2. The van der Waals surface area contributed by atoms with E-state index in [1.54, 1.807) is 0 Å². The van der Waals surface area contributed by atoms with Gasteiger partial charge in [-0.3, -0.25) is 23.9 Å². The lowest BCUT2D eigenvalue weighted by Gasteiger charge is -2.08. The first-order valence-corrected chi connectivity index (χ1v) is 7.84. The van der Waals surface area contributed by atoms with Gasteiger partial charge < -0.3 is 10.5 Å². The topological polar surface area (TPSA) is 124 Å². The van der Waals surface area contributed by atoms with Crippen molar-refractivity contribution in [2.45, 2.75) is 4.90 Å². The van der Waals surface area contributed by atoms with Crippen LogP contribution in [0.4, 0.5) is 5.82 Å². The van der Waals surface area contributed by atoms with Gasteiger partial charge >= 0.3 is 11.7 Å². The minimum atomic E-state index is -0.907. The fourth-order valence-corrected chi connectivity index (χ4v) is 2.54. The van der Waals surface area contributed by atoms with E-state index in [4.69, 9.17) is 10.5 Å². The Morgan fingerprint density at radius 3 is 2.58 bits per heavy atom. The highest BCUT2D eigenvalue weighted by Crippen LogP contribution is 2.16. The fraction of sp³-hybridized carbons (Fsp3) is 0.200. The van der Waals surface area contributed by atoms with Gasteiger partial charge in [0.25, 0.3) is 5.56 Å². The molecule has 9 heteroatoms. The minimum Gasteiger partial charge on any atom is -0.457 e. The van der Waals surface area contributed by atoms with Crippen molar-refractivity contribution in [2.24, 2.45) is 7.05 Å². The zero-order valence-electron chi connectivity index (χ0n) is 12.8. The second-order valence-corrected chi connectivity index (χ2v) is 5.81. The highest BCUT2D eigenvalue weighted by atomic mass is 32.2. The molecule has 126 valence electrons. The zero-order valence-corrected chi connectivity index (χ0v) is 13.6. The number of carbonyl (C=O) groups excluding carboxylic acids is 2. The highest BCUT2D eigenvalue weighted by molar-refractivity contribution is 8.00. The molecule has 8 nitrogen and oxygen atoms in total. The smallest absolute Gasteiger partial charge is 0.329 e. The van der Waals surface area contributed by atoms with E-state index in [2.05, 4.69) is 0 Å². The summed E-state index contributed by atoms with van der Waals surface area (Å²) in [5.74, 6) is -1.63. The van der Waals surface area contributed by atoms with Gasteiger partial charge in [-0.1, -0.05) is 18.2 Å². The summed E-state index contributed by atoms with van der Waals surface area (Å²) in [6.07, 6.45) is 0. The molecule has 1 aromatic heterocycles. The van der Waals surface area contributed by atoms with E-state index in [1.165, 1.54) is 18.8 Å². The van der Waals surface area contributed by atoms with E-state index in [0.717, 1.165) is 9.46 Å². The lowest BCUT2D eigenvalue weighted by Crippen LogP contribution is -2.35. The maximum atomic E-state index is 12.0. The molecule has 2 aromatic rings. The van der Waals surface area contributed by atoms with Gasteiger partial charge in [-0.2, -0.15) is 0 Å². The molecule has 1 heterocycles. The van der Waals surface area contributed by atoms with Crippen LogP contribution in [0.2, 0.25) is 0 Å². The number of H-pyrrole nitrogens is 1. The Bertz CT molecular complexity index is 873. The lowest BCUT2D eigenvalue weighted by molar-refractivity contribution is -0.139. The summed E-state index contributed by atoms with van der Waals surface area (Å²) in [4.78, 5) is 49.6. The van der Waals surface area contributed by atoms with Crippen molar-refractivity contribution in [3.8, 4) is 0 Å². The monoisotopic (exact) mass is 349 g/mol. The second kappa shape index (κ2) is 7.64. The fourth-order valence-electron chi connectivity index (χ4n) is 1.83. The van der Waals surface area contributed by atoms with Crippen LogP contribution in [0.3, 0.4) is 0 Å². The summed E-state index contributed by atoms with van der Waals surface area (Å²) >= 11 is 1.26. The predicted octanol–water partition coefficient (Wildman–Crippen LogP) is 0.174. The number of ketones is 1. The number of nitrogens with zero attached hydrogens (tertiary/aromatic N) is 1. The molecule has 0 aliphatic carbocycles. The van der Waals surface area contributed by atoms with E-state index in [0.29, 0.717) is 0 Å². The molecule has 0 aliphatic rings. The Balaban J connectivity index is 1.96. The summed E-state index contributed by atoms with van der Waals surface area (Å²) in [6, 6.07) is 9.22. The number of rotatable bonds is 6. The molecule has 0 saturated carbocycles. The maximum absolute atomic E-state index is 12.0. The predicted molar refractivity (Wildman–Crippen MR) is 89.2 cm³/mol. The van der Waals surface area contributed by atoms with Gasteiger partial charge in [0, 0.05) is 11.9 Å². The van der Waals surface area contributed by atoms with Crippen molar-refractivity contribution in [3.05, 3.63) is 56.7 Å². The first-order chi connectivity index (χ1) is 11.4. The number of esters is 1. The third kappa shape index (κ3) is 4.13. The van der Waals surface area contributed by atoms with Crippen LogP contribution in [-0.2, 0) is 16.6 Å². The summed E-state index contributed by atoms with van der Waals surface area (Å²) in [7, 11) is 1.31. The third-order valence-corrected chi connectivity index (χ3v) is 4.10. The van der Waals surface area contributed by atoms with E-state index >= 15 is 0 Å². The molecule has 0 atom stereocenters. The van der Waals surface area contributed by atoms with Crippen molar-refractivity contribution in [1.29, 1.82) is 0 Å². The van der Waals surface area contributed by atoms with Crippen LogP contribution in [0.5, 0.6) is 0 Å². The van der Waals surface area contributed by atoms with Crippen molar-refractivity contribution >= 4 is 29.3 Å². The Morgan fingerprint density at radius 2 is 1.92 bits per heavy atom. The SMILES string of the molecule is Cn1c(N)c(C(=O)COC(=O)CSc2ccccc2)c(=O)[nH]c1=O. The highest BCUT2D eigenvalue weighted by Gasteiger charge is 2.19. The van der Waals surface area contributed by atoms with E-state index < -0.39 is 35.2 Å². The molecule has 0 unspecified atom stereocenters. The number of benzene rings is 1. The van der Waals surface area contributed by atoms with Crippen molar-refractivity contribution in [3.63, 3.8) is 0 Å². The van der Waals surface area contributed by atoms with Crippen LogP contribution in [0.15, 0.2) is 44.8 Å². The van der Waals surface area contributed by atoms with Gasteiger partial charge in [0.1, 0.15) is 11.4 Å². The Labute approximate surface area is 140 Å². The van der Waals surface area contributed by atoms with Gasteiger partial charge in [-0.05, 0) is 12.1 Å². The number of Topliss-reactive ketones (excluding diaryl/α,β-unsaturated/α-hetero) is 1. The molecule has 24 heavy (non-hydrogen) atoms. The number of hydrogen-bond donors (Lipinski definition) is 2. The van der Waals surface area contributed by atoms with Crippen LogP contribution in [-0.4, -0.2) is 33.7 Å². The first-order valence-electron chi connectivity index (χ1n) is 6.85. The second-order valence-electron chi connectivity index (χ2n) is 4.76. The molecule has 0 spiro atoms. The average molecular weight is 349 g/mol. The molecular weight excluding hydrogens is 334 g/mol.